The highest BCUT2D eigenvalue weighted by molar-refractivity contribution is 5.68. The predicted octanol–water partition coefficient (Wildman–Crippen LogP) is 2.49. The van der Waals surface area contributed by atoms with Gasteiger partial charge in [-0.25, -0.2) is 4.79 Å². The van der Waals surface area contributed by atoms with Crippen molar-refractivity contribution in [1.82, 2.24) is 9.80 Å². The van der Waals surface area contributed by atoms with E-state index in [1.54, 1.807) is 25.7 Å². The molecule has 1 aliphatic heterocycles. The Labute approximate surface area is 115 Å². The number of hydrogen-bond donors (Lipinski definition) is 0. The number of alkyl halides is 3. The Kier molecular flexibility index (Phi) is 3.46. The quantitative estimate of drug-likeness (QED) is 0.742. The van der Waals surface area contributed by atoms with Crippen molar-refractivity contribution in [2.75, 3.05) is 26.1 Å². The number of ether oxygens (including phenoxy) is 1. The second kappa shape index (κ2) is 5.56. The highest BCUT2D eigenvalue weighted by Gasteiger charge is 2.40. The van der Waals surface area contributed by atoms with Gasteiger partial charge in [-0.3, -0.25) is 4.90 Å². The molecule has 112 valence electrons. The van der Waals surface area contributed by atoms with E-state index >= 15 is 0 Å². The molecule has 1 aliphatic rings. The summed E-state index contributed by atoms with van der Waals surface area (Å²) in [5.74, 6) is 0. The third-order valence-electron chi connectivity index (χ3n) is 2.74. The predicted molar refractivity (Wildman–Crippen MR) is 64.9 cm³/mol. The molecule has 1 rings (SSSR count). The first-order chi connectivity index (χ1) is 9.66. The van der Waals surface area contributed by atoms with Crippen molar-refractivity contribution in [2.45, 2.75) is 45.5 Å². The number of halogens is 3. The van der Waals surface area contributed by atoms with Gasteiger partial charge in [-0.2, -0.15) is 13.2 Å². The van der Waals surface area contributed by atoms with Crippen molar-refractivity contribution >= 4 is 6.09 Å². The van der Waals surface area contributed by atoms with Gasteiger partial charge in [0.15, 0.2) is 6.10 Å². The van der Waals surface area contributed by atoms with Crippen LogP contribution in [0.3, 0.4) is 0 Å². The van der Waals surface area contributed by atoms with E-state index in [2.05, 4.69) is 4.74 Å². The molecule has 0 N–H and O–H groups in total. The Bertz CT molecular complexity index is 427. The molecule has 0 aromatic carbocycles. The van der Waals surface area contributed by atoms with Crippen LogP contribution < -0.4 is 0 Å². The first-order valence-corrected chi connectivity index (χ1v) is 5.90. The van der Waals surface area contributed by atoms with Crippen molar-refractivity contribution in [3.8, 4) is 0 Å². The average Bonchev–Trinajstić information content (AvgIpc) is 2.28. The molecule has 0 aromatic rings. The summed E-state index contributed by atoms with van der Waals surface area (Å²) in [6.45, 7) is 2.26. The molecule has 2 atom stereocenters. The lowest BCUT2D eigenvalue weighted by atomic mass is 10.1. The summed E-state index contributed by atoms with van der Waals surface area (Å²) >= 11 is 0. The topological polar surface area (TPSA) is 32.8 Å². The van der Waals surface area contributed by atoms with Crippen molar-refractivity contribution in [3.63, 3.8) is 0 Å². The van der Waals surface area contributed by atoms with E-state index in [1.165, 1.54) is 0 Å². The van der Waals surface area contributed by atoms with Gasteiger partial charge < -0.3 is 9.64 Å². The Balaban J connectivity index is 2.87. The monoisotopic (exact) mass is 285 g/mol. The first kappa shape index (κ1) is 11.8. The van der Waals surface area contributed by atoms with Crippen molar-refractivity contribution in [1.29, 1.82) is 0 Å². The standard InChI is InChI=1S/C12H21F3N2O2/c1-9(12(13,14)15)19-10(18)16-5-7-17(8-6-16)11(2,3)4/h9H,5-8H2,1-4H3/i5D2,8D. The second-order valence-corrected chi connectivity index (χ2v) is 5.32. The van der Waals surface area contributed by atoms with E-state index < -0.39 is 36.9 Å². The lowest BCUT2D eigenvalue weighted by molar-refractivity contribution is -0.200. The van der Waals surface area contributed by atoms with Crippen molar-refractivity contribution < 1.29 is 26.8 Å². The molecular weight excluding hydrogens is 261 g/mol. The van der Waals surface area contributed by atoms with Crippen molar-refractivity contribution in [3.05, 3.63) is 0 Å². The summed E-state index contributed by atoms with van der Waals surface area (Å²) in [7, 11) is 0. The average molecular weight is 285 g/mol. The van der Waals surface area contributed by atoms with E-state index in [0.717, 1.165) is 0 Å². The van der Waals surface area contributed by atoms with Gasteiger partial charge in [0.2, 0.25) is 0 Å². The maximum absolute atomic E-state index is 12.4. The molecule has 1 saturated heterocycles. The minimum absolute atomic E-state index is 0.278. The van der Waals surface area contributed by atoms with E-state index in [4.69, 9.17) is 4.11 Å². The van der Waals surface area contributed by atoms with E-state index in [9.17, 15) is 18.0 Å². The molecule has 1 amide bonds. The van der Waals surface area contributed by atoms with Crippen LogP contribution in [-0.4, -0.2) is 59.8 Å². The SMILES string of the molecule is [2H]C1CN(C(=O)OC(C)C(F)(F)F)C([2H])([2H])CN1C(C)(C)C. The molecule has 0 aromatic heterocycles. The fourth-order valence-corrected chi connectivity index (χ4v) is 1.40. The van der Waals surface area contributed by atoms with Gasteiger partial charge >= 0.3 is 12.3 Å². The lowest BCUT2D eigenvalue weighted by Crippen LogP contribution is -2.55. The van der Waals surface area contributed by atoms with Gasteiger partial charge in [-0.15, -0.1) is 0 Å². The van der Waals surface area contributed by atoms with Gasteiger partial charge in [0, 0.05) is 33.0 Å². The molecule has 0 radical (unpaired) electrons. The van der Waals surface area contributed by atoms with Gasteiger partial charge in [0.25, 0.3) is 0 Å². The van der Waals surface area contributed by atoms with Crippen LogP contribution in [-0.2, 0) is 4.74 Å². The van der Waals surface area contributed by atoms with Crippen LogP contribution in [0.1, 0.15) is 31.8 Å². The van der Waals surface area contributed by atoms with Gasteiger partial charge in [0.1, 0.15) is 0 Å². The zero-order valence-corrected chi connectivity index (χ0v) is 11.4. The summed E-state index contributed by atoms with van der Waals surface area (Å²) in [5, 5.41) is 0. The fourth-order valence-electron chi connectivity index (χ4n) is 1.40. The number of nitrogens with zero attached hydrogens (tertiary/aromatic N) is 2. The van der Waals surface area contributed by atoms with Crippen LogP contribution in [0.25, 0.3) is 0 Å². The van der Waals surface area contributed by atoms with Crippen molar-refractivity contribution in [2.24, 2.45) is 0 Å². The molecule has 0 spiro atoms. The highest BCUT2D eigenvalue weighted by Crippen LogP contribution is 2.23. The minimum Gasteiger partial charge on any atom is -0.437 e. The summed E-state index contributed by atoms with van der Waals surface area (Å²) < 4.78 is 65.3. The maximum atomic E-state index is 12.4. The van der Waals surface area contributed by atoms with Crippen LogP contribution in [0, 0.1) is 0 Å². The minimum atomic E-state index is -4.71. The molecule has 2 unspecified atom stereocenters. The summed E-state index contributed by atoms with van der Waals surface area (Å²) in [6, 6.07) is 0. The number of rotatable bonds is 1. The number of hydrogen-bond acceptors (Lipinski definition) is 3. The molecule has 4 nitrogen and oxygen atoms in total. The normalized spacial score (nSPS) is 29.1. The number of amides is 1. The smallest absolute Gasteiger partial charge is 0.425 e. The van der Waals surface area contributed by atoms with E-state index in [-0.39, 0.29) is 13.1 Å². The maximum Gasteiger partial charge on any atom is 0.425 e. The van der Waals surface area contributed by atoms with Gasteiger partial charge in [-0.1, -0.05) is 0 Å². The Hall–Kier alpha value is -0.980. The number of piperazine rings is 1. The Morgan fingerprint density at radius 3 is 2.37 bits per heavy atom. The van der Waals surface area contributed by atoms with E-state index in [1.807, 2.05) is 0 Å². The lowest BCUT2D eigenvalue weighted by Gasteiger charge is -2.42. The summed E-state index contributed by atoms with van der Waals surface area (Å²) in [4.78, 5) is 13.9. The van der Waals surface area contributed by atoms with Crippen LogP contribution in [0.15, 0.2) is 0 Å². The van der Waals surface area contributed by atoms with Gasteiger partial charge in [-0.05, 0) is 27.7 Å². The second-order valence-electron chi connectivity index (χ2n) is 5.32. The molecule has 0 saturated carbocycles. The van der Waals surface area contributed by atoms with E-state index in [0.29, 0.717) is 11.8 Å². The molecule has 7 heteroatoms. The van der Waals surface area contributed by atoms with Crippen LogP contribution in [0.5, 0.6) is 0 Å². The number of carbonyl (C=O) groups is 1. The Morgan fingerprint density at radius 2 is 1.89 bits per heavy atom. The fraction of sp³-hybridized carbons (Fsp3) is 0.917. The molecule has 1 fully saturated rings. The highest BCUT2D eigenvalue weighted by atomic mass is 19.4. The zero-order chi connectivity index (χ0) is 17.5. The zero-order valence-electron chi connectivity index (χ0n) is 14.4. The van der Waals surface area contributed by atoms with Crippen LogP contribution >= 0.6 is 0 Å². The third-order valence-corrected chi connectivity index (χ3v) is 2.74. The molecule has 19 heavy (non-hydrogen) atoms. The summed E-state index contributed by atoms with van der Waals surface area (Å²) in [5.41, 5.74) is -0.505. The molecule has 0 aliphatic carbocycles. The largest absolute Gasteiger partial charge is 0.437 e. The molecule has 1 heterocycles. The van der Waals surface area contributed by atoms with Gasteiger partial charge in [0.05, 0.1) is 2.74 Å². The van der Waals surface area contributed by atoms with Crippen LogP contribution in [0.2, 0.25) is 0 Å². The van der Waals surface area contributed by atoms with Crippen LogP contribution in [0.4, 0.5) is 18.0 Å². The third kappa shape index (κ3) is 4.56. The summed E-state index contributed by atoms with van der Waals surface area (Å²) in [6.07, 6.45) is -8.45. The molecule has 0 bridgehead atoms. The number of carbonyl (C=O) groups excluding carboxylic acids is 1. The first-order valence-electron chi connectivity index (χ1n) is 7.48. The molecular formula is C12H21F3N2O2. The Morgan fingerprint density at radius 1 is 1.32 bits per heavy atom.